The summed E-state index contributed by atoms with van der Waals surface area (Å²) in [5, 5.41) is 11.2. The molecule has 8 heteroatoms. The average Bonchev–Trinajstić information content (AvgIpc) is 3.34. The lowest BCUT2D eigenvalue weighted by Crippen LogP contribution is -2.23. The molecule has 5 aromatic rings. The molecule has 0 atom stereocenters. The molecule has 0 bridgehead atoms. The first-order valence-electron chi connectivity index (χ1n) is 10.6. The van der Waals surface area contributed by atoms with Gasteiger partial charge in [0.15, 0.2) is 0 Å². The van der Waals surface area contributed by atoms with E-state index in [2.05, 4.69) is 15.6 Å². The Bertz CT molecular complexity index is 1510. The van der Waals surface area contributed by atoms with Crippen LogP contribution in [0.5, 0.6) is 0 Å². The van der Waals surface area contributed by atoms with Crippen LogP contribution in [0, 0.1) is 6.92 Å². The van der Waals surface area contributed by atoms with E-state index < -0.39 is 0 Å². The first-order chi connectivity index (χ1) is 16.0. The molecule has 0 aliphatic carbocycles. The quantitative estimate of drug-likeness (QED) is 0.455. The highest BCUT2D eigenvalue weighted by atomic mass is 16.2. The Morgan fingerprint density at radius 3 is 2.39 bits per heavy atom. The van der Waals surface area contributed by atoms with E-state index in [1.165, 1.54) is 4.68 Å². The molecule has 33 heavy (non-hydrogen) atoms. The fraction of sp³-hybridized carbons (Fsp3) is 0.120. The van der Waals surface area contributed by atoms with Gasteiger partial charge < -0.3 is 5.32 Å². The van der Waals surface area contributed by atoms with Gasteiger partial charge in [-0.2, -0.15) is 0 Å². The first-order valence-corrected chi connectivity index (χ1v) is 10.6. The van der Waals surface area contributed by atoms with Gasteiger partial charge in [-0.1, -0.05) is 47.7 Å². The summed E-state index contributed by atoms with van der Waals surface area (Å²) in [5.74, 6) is -0.334. The normalized spacial score (nSPS) is 11.1. The lowest BCUT2D eigenvalue weighted by molar-refractivity contribution is 0.102. The Balaban J connectivity index is 1.36. The molecule has 1 amide bonds. The van der Waals surface area contributed by atoms with Crippen molar-refractivity contribution >= 4 is 22.6 Å². The third-order valence-corrected chi connectivity index (χ3v) is 5.76. The topological polar surface area (TPSA) is 86.7 Å². The molecule has 0 radical (unpaired) electrons. The van der Waals surface area contributed by atoms with E-state index in [9.17, 15) is 9.59 Å². The Morgan fingerprint density at radius 2 is 1.64 bits per heavy atom. The number of carbonyl (C=O) groups is 1. The number of anilines is 1. The van der Waals surface area contributed by atoms with Crippen LogP contribution in [0.4, 0.5) is 5.69 Å². The summed E-state index contributed by atoms with van der Waals surface area (Å²) >= 11 is 0. The summed E-state index contributed by atoms with van der Waals surface area (Å²) in [4.78, 5) is 25.9. The van der Waals surface area contributed by atoms with Crippen molar-refractivity contribution in [2.75, 3.05) is 5.32 Å². The fourth-order valence-corrected chi connectivity index (χ4v) is 3.87. The zero-order valence-electron chi connectivity index (χ0n) is 18.3. The third kappa shape index (κ3) is 3.71. The van der Waals surface area contributed by atoms with Crippen LogP contribution in [0.2, 0.25) is 0 Å². The van der Waals surface area contributed by atoms with E-state index in [0.29, 0.717) is 17.8 Å². The minimum atomic E-state index is -0.334. The Morgan fingerprint density at radius 1 is 0.939 bits per heavy atom. The molecular weight excluding hydrogens is 416 g/mol. The van der Waals surface area contributed by atoms with Crippen molar-refractivity contribution in [2.24, 2.45) is 7.05 Å². The Labute approximate surface area is 189 Å². The maximum Gasteiger partial charge on any atom is 0.295 e. The number of benzene rings is 3. The molecule has 8 nitrogen and oxygen atoms in total. The number of aromatic nitrogens is 5. The summed E-state index contributed by atoms with van der Waals surface area (Å²) in [7, 11) is 1.79. The van der Waals surface area contributed by atoms with Gasteiger partial charge in [-0.3, -0.25) is 14.3 Å². The molecule has 5 rings (SSSR count). The SMILES string of the molecule is Cc1c(NC(=O)c2ccc(Cn3nnc4ccccc43)cc2)c(=O)n(-c2ccccc2)n1C. The van der Waals surface area contributed by atoms with Crippen molar-refractivity contribution in [3.8, 4) is 5.69 Å². The smallest absolute Gasteiger partial charge is 0.295 e. The van der Waals surface area contributed by atoms with Crippen molar-refractivity contribution < 1.29 is 4.79 Å². The fourth-order valence-electron chi connectivity index (χ4n) is 3.87. The minimum Gasteiger partial charge on any atom is -0.316 e. The standard InChI is InChI=1S/C25H22N6O2/c1-17-23(25(33)31(29(17)2)20-8-4-3-5-9-20)26-24(32)19-14-12-18(13-15-19)16-30-22-11-7-6-10-21(22)27-28-30/h3-15H,16H2,1-2H3,(H,26,32). The predicted octanol–water partition coefficient (Wildman–Crippen LogP) is 3.53. The van der Waals surface area contributed by atoms with E-state index in [-0.39, 0.29) is 17.2 Å². The van der Waals surface area contributed by atoms with Crippen LogP contribution in [0.25, 0.3) is 16.7 Å². The molecule has 164 valence electrons. The number of amides is 1. The molecule has 0 unspecified atom stereocenters. The number of hydrogen-bond donors (Lipinski definition) is 1. The second kappa shape index (κ2) is 8.23. The number of para-hydroxylation sites is 2. The monoisotopic (exact) mass is 438 g/mol. The molecule has 3 aromatic carbocycles. The van der Waals surface area contributed by atoms with Crippen LogP contribution in [0.3, 0.4) is 0 Å². The molecule has 0 saturated heterocycles. The first kappa shape index (κ1) is 20.4. The number of hydrogen-bond acceptors (Lipinski definition) is 4. The van der Waals surface area contributed by atoms with Crippen molar-refractivity contribution in [3.63, 3.8) is 0 Å². The largest absolute Gasteiger partial charge is 0.316 e. The van der Waals surface area contributed by atoms with Gasteiger partial charge in [0.25, 0.3) is 11.5 Å². The molecular formula is C25H22N6O2. The summed E-state index contributed by atoms with van der Waals surface area (Å²) in [5.41, 5.74) is 4.65. The van der Waals surface area contributed by atoms with Crippen LogP contribution >= 0.6 is 0 Å². The zero-order chi connectivity index (χ0) is 22.9. The van der Waals surface area contributed by atoms with E-state index in [4.69, 9.17) is 0 Å². The molecule has 0 saturated carbocycles. The maximum absolute atomic E-state index is 13.0. The summed E-state index contributed by atoms with van der Waals surface area (Å²) in [6.45, 7) is 2.35. The van der Waals surface area contributed by atoms with Crippen LogP contribution < -0.4 is 10.9 Å². The van der Waals surface area contributed by atoms with E-state index >= 15 is 0 Å². The van der Waals surface area contributed by atoms with Crippen LogP contribution in [0.1, 0.15) is 21.6 Å². The minimum absolute atomic E-state index is 0.268. The number of fused-ring (bicyclic) bond motifs is 1. The van der Waals surface area contributed by atoms with Crippen molar-refractivity contribution in [2.45, 2.75) is 13.5 Å². The van der Waals surface area contributed by atoms with Crippen molar-refractivity contribution in [1.29, 1.82) is 0 Å². The number of carbonyl (C=O) groups excluding carboxylic acids is 1. The highest BCUT2D eigenvalue weighted by Gasteiger charge is 2.18. The lowest BCUT2D eigenvalue weighted by atomic mass is 10.1. The summed E-state index contributed by atoms with van der Waals surface area (Å²) in [6.07, 6.45) is 0. The summed E-state index contributed by atoms with van der Waals surface area (Å²) < 4.78 is 5.10. The third-order valence-electron chi connectivity index (χ3n) is 5.76. The highest BCUT2D eigenvalue weighted by molar-refractivity contribution is 6.04. The Hall–Kier alpha value is -4.46. The molecule has 0 fully saturated rings. The molecule has 2 aromatic heterocycles. The van der Waals surface area contributed by atoms with Gasteiger partial charge >= 0.3 is 0 Å². The molecule has 2 heterocycles. The molecule has 0 aliphatic heterocycles. The maximum atomic E-state index is 13.0. The van der Waals surface area contributed by atoms with Gasteiger partial charge in [0.2, 0.25) is 0 Å². The van der Waals surface area contributed by atoms with E-state index in [1.807, 2.05) is 78.3 Å². The van der Waals surface area contributed by atoms with Gasteiger partial charge in [-0.25, -0.2) is 9.36 Å². The van der Waals surface area contributed by atoms with Gasteiger partial charge in [0.1, 0.15) is 11.2 Å². The zero-order valence-corrected chi connectivity index (χ0v) is 18.3. The van der Waals surface area contributed by atoms with Crippen LogP contribution in [-0.2, 0) is 13.6 Å². The highest BCUT2D eigenvalue weighted by Crippen LogP contribution is 2.16. The number of nitrogens with one attached hydrogen (secondary N) is 1. The predicted molar refractivity (Wildman–Crippen MR) is 127 cm³/mol. The lowest BCUT2D eigenvalue weighted by Gasteiger charge is -2.07. The molecule has 1 N–H and O–H groups in total. The van der Waals surface area contributed by atoms with Gasteiger partial charge in [-0.05, 0) is 48.9 Å². The Kier molecular flexibility index (Phi) is 5.10. The summed E-state index contributed by atoms with van der Waals surface area (Å²) in [6, 6.07) is 24.4. The number of rotatable bonds is 5. The molecule has 0 spiro atoms. The van der Waals surface area contributed by atoms with Crippen molar-refractivity contribution in [1.82, 2.24) is 24.4 Å². The molecule has 0 aliphatic rings. The second-order valence-corrected chi connectivity index (χ2v) is 7.82. The van der Waals surface area contributed by atoms with Gasteiger partial charge in [0.05, 0.1) is 23.4 Å². The second-order valence-electron chi connectivity index (χ2n) is 7.82. The van der Waals surface area contributed by atoms with Crippen molar-refractivity contribution in [3.05, 3.63) is 106 Å². The van der Waals surface area contributed by atoms with Gasteiger partial charge in [-0.15, -0.1) is 5.10 Å². The van der Waals surface area contributed by atoms with E-state index in [0.717, 1.165) is 22.3 Å². The van der Waals surface area contributed by atoms with Crippen LogP contribution in [-0.4, -0.2) is 30.3 Å². The number of nitrogens with zero attached hydrogens (tertiary/aromatic N) is 5. The average molecular weight is 438 g/mol. The van der Waals surface area contributed by atoms with E-state index in [1.54, 1.807) is 23.9 Å². The van der Waals surface area contributed by atoms with Gasteiger partial charge in [0, 0.05) is 12.6 Å². The van der Waals surface area contributed by atoms with Crippen LogP contribution in [0.15, 0.2) is 83.7 Å².